The van der Waals surface area contributed by atoms with Gasteiger partial charge in [0.05, 0.1) is 16.3 Å². The molecule has 11 heteroatoms. The maximum Gasteiger partial charge on any atom is 0.243 e. The highest BCUT2D eigenvalue weighted by atomic mass is 35.5. The van der Waals surface area contributed by atoms with Gasteiger partial charge in [0.15, 0.2) is 0 Å². The molecule has 7 nitrogen and oxygen atoms in total. The van der Waals surface area contributed by atoms with E-state index in [1.165, 1.54) is 10.4 Å². The first-order valence-corrected chi connectivity index (χ1v) is 11.3. The number of halogens is 2. The van der Waals surface area contributed by atoms with Crippen molar-refractivity contribution >= 4 is 38.1 Å². The fraction of sp³-hybridized carbons (Fsp3) is 0.600. The minimum Gasteiger partial charge on any atom is -0.317 e. The highest BCUT2D eigenvalue weighted by molar-refractivity contribution is 7.92. The van der Waals surface area contributed by atoms with E-state index in [-0.39, 0.29) is 34.8 Å². The molecule has 150 valence electrons. The molecule has 2 N–H and O–H groups in total. The summed E-state index contributed by atoms with van der Waals surface area (Å²) in [6.45, 7) is 2.42. The second kappa shape index (κ2) is 9.32. The minimum atomic E-state index is -3.80. The van der Waals surface area contributed by atoms with Crippen molar-refractivity contribution in [2.45, 2.75) is 37.1 Å². The second-order valence-corrected chi connectivity index (χ2v) is 9.81. The zero-order chi connectivity index (χ0) is 18.7. The predicted molar refractivity (Wildman–Crippen MR) is 102 cm³/mol. The number of sulfonamides is 2. The molecule has 2 rings (SSSR count). The third-order valence-electron chi connectivity index (χ3n) is 4.18. The smallest absolute Gasteiger partial charge is 0.243 e. The topological polar surface area (TPSA) is 95.6 Å². The summed E-state index contributed by atoms with van der Waals surface area (Å²) >= 11 is 0. The number of hydrogen-bond donors (Lipinski definition) is 2. The van der Waals surface area contributed by atoms with E-state index in [4.69, 9.17) is 0 Å². The third kappa shape index (κ3) is 5.53. The molecule has 1 aliphatic heterocycles. The van der Waals surface area contributed by atoms with E-state index in [0.717, 1.165) is 12.1 Å². The first-order valence-electron chi connectivity index (χ1n) is 8.17. The van der Waals surface area contributed by atoms with Gasteiger partial charge in [-0.3, -0.25) is 4.72 Å². The van der Waals surface area contributed by atoms with Gasteiger partial charge in [0.2, 0.25) is 20.0 Å². The van der Waals surface area contributed by atoms with Gasteiger partial charge in [0.1, 0.15) is 5.82 Å². The van der Waals surface area contributed by atoms with Crippen molar-refractivity contribution in [3.63, 3.8) is 0 Å². The fourth-order valence-corrected chi connectivity index (χ4v) is 5.38. The lowest BCUT2D eigenvalue weighted by Crippen LogP contribution is -2.43. The van der Waals surface area contributed by atoms with Crippen molar-refractivity contribution in [2.24, 2.45) is 0 Å². The lowest BCUT2D eigenvalue weighted by molar-refractivity contribution is 0.298. The molecule has 0 radical (unpaired) electrons. The van der Waals surface area contributed by atoms with Crippen molar-refractivity contribution in [2.75, 3.05) is 30.6 Å². The lowest BCUT2D eigenvalue weighted by Gasteiger charge is -2.31. The quantitative estimate of drug-likeness (QED) is 0.688. The molecule has 0 spiro atoms. The molecule has 0 amide bonds. The normalized spacial score (nSPS) is 16.9. The van der Waals surface area contributed by atoms with Crippen LogP contribution in [0.2, 0.25) is 0 Å². The Bertz CT molecular complexity index is 810. The highest BCUT2D eigenvalue weighted by Crippen LogP contribution is 2.25. The maximum atomic E-state index is 14.2. The number of nitrogens with one attached hydrogen (secondary N) is 2. The molecule has 0 unspecified atom stereocenters. The van der Waals surface area contributed by atoms with Crippen LogP contribution >= 0.6 is 12.4 Å². The van der Waals surface area contributed by atoms with Crippen LogP contribution in [0, 0.1) is 5.82 Å². The first kappa shape index (κ1) is 23.1. The van der Waals surface area contributed by atoms with Crippen LogP contribution in [-0.4, -0.2) is 53.1 Å². The summed E-state index contributed by atoms with van der Waals surface area (Å²) in [7, 11) is -5.60. The van der Waals surface area contributed by atoms with Crippen molar-refractivity contribution in [3.8, 4) is 0 Å². The summed E-state index contributed by atoms with van der Waals surface area (Å²) in [5.41, 5.74) is -0.249. The average Bonchev–Trinajstić information content (AvgIpc) is 2.56. The van der Waals surface area contributed by atoms with E-state index < -0.39 is 25.9 Å². The van der Waals surface area contributed by atoms with Crippen molar-refractivity contribution in [1.29, 1.82) is 0 Å². The van der Waals surface area contributed by atoms with Crippen LogP contribution in [0.15, 0.2) is 23.1 Å². The van der Waals surface area contributed by atoms with Gasteiger partial charge in [-0.1, -0.05) is 6.92 Å². The lowest BCUT2D eigenvalue weighted by atomic mass is 10.1. The van der Waals surface area contributed by atoms with Crippen LogP contribution in [0.4, 0.5) is 10.1 Å². The Morgan fingerprint density at radius 2 is 1.81 bits per heavy atom. The summed E-state index contributed by atoms with van der Waals surface area (Å²) in [5, 5.41) is 3.12. The molecule has 0 saturated carbocycles. The van der Waals surface area contributed by atoms with Gasteiger partial charge in [0, 0.05) is 19.1 Å². The molecule has 26 heavy (non-hydrogen) atoms. The van der Waals surface area contributed by atoms with Gasteiger partial charge in [-0.15, -0.1) is 12.4 Å². The van der Waals surface area contributed by atoms with Crippen LogP contribution in [-0.2, 0) is 20.0 Å². The van der Waals surface area contributed by atoms with Crippen LogP contribution in [0.1, 0.15) is 26.2 Å². The van der Waals surface area contributed by atoms with E-state index in [2.05, 4.69) is 10.0 Å². The monoisotopic (exact) mass is 429 g/mol. The first-order chi connectivity index (χ1) is 11.7. The van der Waals surface area contributed by atoms with E-state index in [9.17, 15) is 21.2 Å². The molecular weight excluding hydrogens is 405 g/mol. The summed E-state index contributed by atoms with van der Waals surface area (Å²) in [4.78, 5) is -0.175. The summed E-state index contributed by atoms with van der Waals surface area (Å²) in [6.07, 6.45) is 1.77. The van der Waals surface area contributed by atoms with Crippen LogP contribution < -0.4 is 10.0 Å². The Kier molecular flexibility index (Phi) is 8.28. The number of anilines is 1. The predicted octanol–water partition coefficient (Wildman–Crippen LogP) is 1.77. The minimum absolute atomic E-state index is 0. The summed E-state index contributed by atoms with van der Waals surface area (Å²) < 4.78 is 66.4. The molecule has 1 aromatic carbocycles. The SMILES string of the molecule is CCCS(=O)(=O)Nc1ccc(S(=O)(=O)N2CCC(NC)CC2)cc1F.Cl. The number of hydrogen-bond acceptors (Lipinski definition) is 5. The van der Waals surface area contributed by atoms with E-state index >= 15 is 0 Å². The highest BCUT2D eigenvalue weighted by Gasteiger charge is 2.29. The molecule has 1 fully saturated rings. The molecule has 0 atom stereocenters. The Hall–Kier alpha value is -0.940. The van der Waals surface area contributed by atoms with Gasteiger partial charge >= 0.3 is 0 Å². The van der Waals surface area contributed by atoms with Gasteiger partial charge in [-0.2, -0.15) is 4.31 Å². The molecule has 1 aromatic rings. The Morgan fingerprint density at radius 1 is 1.19 bits per heavy atom. The molecule has 1 aliphatic rings. The molecular formula is C15H25ClFN3O4S2. The van der Waals surface area contributed by atoms with Gasteiger partial charge in [0.25, 0.3) is 0 Å². The largest absolute Gasteiger partial charge is 0.317 e. The zero-order valence-electron chi connectivity index (χ0n) is 14.7. The standard InChI is InChI=1S/C15H24FN3O4S2.ClH/c1-3-10-24(20,21)18-15-5-4-13(11-14(15)16)25(22,23)19-8-6-12(17-2)7-9-19;/h4-5,11-12,17-18H,3,6-10H2,1-2H3;1H. The Labute approximate surface area is 160 Å². The molecule has 1 heterocycles. The van der Waals surface area contributed by atoms with Gasteiger partial charge in [-0.05, 0) is 44.5 Å². The van der Waals surface area contributed by atoms with Gasteiger partial charge in [-0.25, -0.2) is 21.2 Å². The Balaban J connectivity index is 0.00000338. The summed E-state index contributed by atoms with van der Waals surface area (Å²) in [6, 6.07) is 3.52. The van der Waals surface area contributed by atoms with E-state index in [1.54, 1.807) is 6.92 Å². The molecule has 0 bridgehead atoms. The summed E-state index contributed by atoms with van der Waals surface area (Å²) in [5.74, 6) is -1.04. The van der Waals surface area contributed by atoms with Crippen molar-refractivity contribution in [1.82, 2.24) is 9.62 Å². The zero-order valence-corrected chi connectivity index (χ0v) is 17.2. The van der Waals surface area contributed by atoms with Crippen molar-refractivity contribution in [3.05, 3.63) is 24.0 Å². The van der Waals surface area contributed by atoms with E-state index in [1.807, 2.05) is 7.05 Å². The van der Waals surface area contributed by atoms with Gasteiger partial charge < -0.3 is 5.32 Å². The second-order valence-electron chi connectivity index (χ2n) is 6.03. The Morgan fingerprint density at radius 3 is 2.31 bits per heavy atom. The van der Waals surface area contributed by atoms with Crippen LogP contribution in [0.5, 0.6) is 0 Å². The van der Waals surface area contributed by atoms with Crippen LogP contribution in [0.25, 0.3) is 0 Å². The maximum absolute atomic E-state index is 14.2. The number of benzene rings is 1. The van der Waals surface area contributed by atoms with Crippen LogP contribution in [0.3, 0.4) is 0 Å². The third-order valence-corrected chi connectivity index (χ3v) is 7.55. The number of piperidine rings is 1. The number of rotatable bonds is 7. The van der Waals surface area contributed by atoms with Crippen molar-refractivity contribution < 1.29 is 21.2 Å². The average molecular weight is 430 g/mol. The molecule has 0 aromatic heterocycles. The fourth-order valence-electron chi connectivity index (χ4n) is 2.76. The van der Waals surface area contributed by atoms with E-state index in [0.29, 0.717) is 32.4 Å². The molecule has 0 aliphatic carbocycles. The number of nitrogens with zero attached hydrogens (tertiary/aromatic N) is 1. The molecule has 1 saturated heterocycles.